The SMILES string of the molecule is c1ccc(Oc2cccc3cc4c(Oc5ccccc5)cccc4cc23)cc1. The van der Waals surface area contributed by atoms with Crippen molar-refractivity contribution < 1.29 is 9.47 Å². The Balaban J connectivity index is 1.61. The Morgan fingerprint density at radius 1 is 0.393 bits per heavy atom. The van der Waals surface area contributed by atoms with Gasteiger partial charge < -0.3 is 9.47 Å². The number of fused-ring (bicyclic) bond motifs is 2. The van der Waals surface area contributed by atoms with Gasteiger partial charge in [0.2, 0.25) is 0 Å². The molecule has 0 saturated carbocycles. The second kappa shape index (κ2) is 7.09. The average molecular weight is 362 g/mol. The lowest BCUT2D eigenvalue weighted by Gasteiger charge is -2.12. The van der Waals surface area contributed by atoms with Gasteiger partial charge in [0.15, 0.2) is 0 Å². The van der Waals surface area contributed by atoms with Crippen LogP contribution < -0.4 is 9.47 Å². The largest absolute Gasteiger partial charge is 0.457 e. The van der Waals surface area contributed by atoms with Gasteiger partial charge in [-0.25, -0.2) is 0 Å². The maximum atomic E-state index is 6.14. The molecule has 0 fully saturated rings. The fraction of sp³-hybridized carbons (Fsp3) is 0. The van der Waals surface area contributed by atoms with Crippen molar-refractivity contribution in [3.8, 4) is 23.0 Å². The minimum atomic E-state index is 0.830. The highest BCUT2D eigenvalue weighted by Crippen LogP contribution is 2.36. The molecule has 0 aliphatic heterocycles. The lowest BCUT2D eigenvalue weighted by atomic mass is 10.0. The summed E-state index contributed by atoms with van der Waals surface area (Å²) < 4.78 is 12.3. The molecule has 134 valence electrons. The predicted octanol–water partition coefficient (Wildman–Crippen LogP) is 7.58. The van der Waals surface area contributed by atoms with Gasteiger partial charge in [-0.1, -0.05) is 60.7 Å². The van der Waals surface area contributed by atoms with Crippen molar-refractivity contribution >= 4 is 21.5 Å². The Hall–Kier alpha value is -3.78. The summed E-state index contributed by atoms with van der Waals surface area (Å²) in [4.78, 5) is 0. The van der Waals surface area contributed by atoms with Gasteiger partial charge in [0, 0.05) is 10.8 Å². The maximum absolute atomic E-state index is 6.14. The van der Waals surface area contributed by atoms with Crippen molar-refractivity contribution in [3.05, 3.63) is 109 Å². The van der Waals surface area contributed by atoms with E-state index in [-0.39, 0.29) is 0 Å². The summed E-state index contributed by atoms with van der Waals surface area (Å²) in [6.07, 6.45) is 0. The molecule has 5 rings (SSSR count). The Labute approximate surface area is 163 Å². The molecule has 0 radical (unpaired) electrons. The Kier molecular flexibility index (Phi) is 4.15. The summed E-state index contributed by atoms with van der Waals surface area (Å²) in [6.45, 7) is 0. The van der Waals surface area contributed by atoms with E-state index >= 15 is 0 Å². The van der Waals surface area contributed by atoms with Crippen molar-refractivity contribution in [2.75, 3.05) is 0 Å². The molecule has 2 nitrogen and oxygen atoms in total. The van der Waals surface area contributed by atoms with Crippen LogP contribution in [-0.4, -0.2) is 0 Å². The van der Waals surface area contributed by atoms with E-state index in [0.29, 0.717) is 0 Å². The zero-order chi connectivity index (χ0) is 18.8. The number of hydrogen-bond acceptors (Lipinski definition) is 2. The molecule has 0 N–H and O–H groups in total. The van der Waals surface area contributed by atoms with Crippen molar-refractivity contribution in [2.24, 2.45) is 0 Å². The zero-order valence-electron chi connectivity index (χ0n) is 15.2. The van der Waals surface area contributed by atoms with Gasteiger partial charge in [-0.15, -0.1) is 0 Å². The number of benzene rings is 5. The molecular weight excluding hydrogens is 344 g/mol. The van der Waals surface area contributed by atoms with E-state index in [1.165, 1.54) is 0 Å². The van der Waals surface area contributed by atoms with Crippen LogP contribution in [0.15, 0.2) is 109 Å². The first-order valence-corrected chi connectivity index (χ1v) is 9.28. The third-order valence-corrected chi connectivity index (χ3v) is 4.74. The monoisotopic (exact) mass is 362 g/mol. The van der Waals surface area contributed by atoms with Crippen LogP contribution in [0.3, 0.4) is 0 Å². The van der Waals surface area contributed by atoms with Crippen molar-refractivity contribution in [2.45, 2.75) is 0 Å². The van der Waals surface area contributed by atoms with Gasteiger partial charge in [0.05, 0.1) is 0 Å². The van der Waals surface area contributed by atoms with Crippen LogP contribution in [0.25, 0.3) is 21.5 Å². The number of para-hydroxylation sites is 2. The van der Waals surface area contributed by atoms with E-state index < -0.39 is 0 Å². The molecule has 0 spiro atoms. The first-order chi connectivity index (χ1) is 13.9. The van der Waals surface area contributed by atoms with Crippen LogP contribution in [0, 0.1) is 0 Å². The van der Waals surface area contributed by atoms with Crippen LogP contribution in [0.4, 0.5) is 0 Å². The van der Waals surface area contributed by atoms with E-state index in [0.717, 1.165) is 44.5 Å². The highest BCUT2D eigenvalue weighted by Gasteiger charge is 2.09. The predicted molar refractivity (Wildman–Crippen MR) is 114 cm³/mol. The number of hydrogen-bond donors (Lipinski definition) is 0. The highest BCUT2D eigenvalue weighted by molar-refractivity contribution is 6.03. The summed E-state index contributed by atoms with van der Waals surface area (Å²) in [6, 6.07) is 36.3. The van der Waals surface area contributed by atoms with Gasteiger partial charge in [0.1, 0.15) is 23.0 Å². The number of rotatable bonds is 4. The van der Waals surface area contributed by atoms with E-state index in [1.54, 1.807) is 0 Å². The fourth-order valence-corrected chi connectivity index (χ4v) is 3.40. The van der Waals surface area contributed by atoms with E-state index in [4.69, 9.17) is 9.47 Å². The topological polar surface area (TPSA) is 18.5 Å². The second-order valence-corrected chi connectivity index (χ2v) is 6.64. The first-order valence-electron chi connectivity index (χ1n) is 9.28. The molecule has 28 heavy (non-hydrogen) atoms. The van der Waals surface area contributed by atoms with Crippen LogP contribution >= 0.6 is 0 Å². The molecular formula is C26H18O2. The molecule has 0 saturated heterocycles. The Morgan fingerprint density at radius 3 is 1.25 bits per heavy atom. The molecule has 0 aliphatic carbocycles. The van der Waals surface area contributed by atoms with E-state index in [9.17, 15) is 0 Å². The third kappa shape index (κ3) is 3.17. The second-order valence-electron chi connectivity index (χ2n) is 6.64. The molecule has 0 aliphatic rings. The van der Waals surface area contributed by atoms with Crippen LogP contribution in [0.5, 0.6) is 23.0 Å². The molecule has 0 bridgehead atoms. The van der Waals surface area contributed by atoms with Crippen LogP contribution in [-0.2, 0) is 0 Å². The lowest BCUT2D eigenvalue weighted by molar-refractivity contribution is 0.487. The molecule has 0 heterocycles. The van der Waals surface area contributed by atoms with Crippen LogP contribution in [0.2, 0.25) is 0 Å². The summed E-state index contributed by atoms with van der Waals surface area (Å²) in [5.74, 6) is 3.35. The van der Waals surface area contributed by atoms with E-state index in [1.807, 2.05) is 84.9 Å². The maximum Gasteiger partial charge on any atom is 0.135 e. The van der Waals surface area contributed by atoms with Crippen molar-refractivity contribution in [1.29, 1.82) is 0 Å². The summed E-state index contributed by atoms with van der Waals surface area (Å²) in [5, 5.41) is 4.39. The summed E-state index contributed by atoms with van der Waals surface area (Å²) in [5.41, 5.74) is 0. The smallest absolute Gasteiger partial charge is 0.135 e. The minimum Gasteiger partial charge on any atom is -0.457 e. The first kappa shape index (κ1) is 16.4. The minimum absolute atomic E-state index is 0.830. The Morgan fingerprint density at radius 2 is 0.821 bits per heavy atom. The molecule has 0 aromatic heterocycles. The summed E-state index contributed by atoms with van der Waals surface area (Å²) >= 11 is 0. The van der Waals surface area contributed by atoms with Gasteiger partial charge in [-0.05, 0) is 59.3 Å². The van der Waals surface area contributed by atoms with E-state index in [2.05, 4.69) is 24.3 Å². The fourth-order valence-electron chi connectivity index (χ4n) is 3.40. The molecule has 0 unspecified atom stereocenters. The molecule has 5 aromatic carbocycles. The van der Waals surface area contributed by atoms with Gasteiger partial charge in [-0.3, -0.25) is 0 Å². The highest BCUT2D eigenvalue weighted by atomic mass is 16.5. The quantitative estimate of drug-likeness (QED) is 0.307. The summed E-state index contributed by atoms with van der Waals surface area (Å²) in [7, 11) is 0. The van der Waals surface area contributed by atoms with Gasteiger partial charge in [-0.2, -0.15) is 0 Å². The Bertz CT molecular complexity index is 1140. The molecule has 5 aromatic rings. The van der Waals surface area contributed by atoms with Crippen LogP contribution in [0.1, 0.15) is 0 Å². The van der Waals surface area contributed by atoms with Crippen molar-refractivity contribution in [3.63, 3.8) is 0 Å². The third-order valence-electron chi connectivity index (χ3n) is 4.74. The van der Waals surface area contributed by atoms with Crippen molar-refractivity contribution in [1.82, 2.24) is 0 Å². The van der Waals surface area contributed by atoms with Gasteiger partial charge >= 0.3 is 0 Å². The van der Waals surface area contributed by atoms with Gasteiger partial charge in [0.25, 0.3) is 0 Å². The lowest BCUT2D eigenvalue weighted by Crippen LogP contribution is -1.88. The average Bonchev–Trinajstić information content (AvgIpc) is 2.75. The number of ether oxygens (including phenoxy) is 2. The normalized spacial score (nSPS) is 10.9. The molecule has 0 amide bonds. The standard InChI is InChI=1S/C26H18O2/c1-3-11-21(12-4-1)27-25-15-7-9-19-18-24-20(17-23(19)25)10-8-16-26(24)28-22-13-5-2-6-14-22/h1-18H. The molecule has 2 heteroatoms. The molecule has 0 atom stereocenters. The zero-order valence-corrected chi connectivity index (χ0v) is 15.2.